The van der Waals surface area contributed by atoms with Gasteiger partial charge in [-0.25, -0.2) is 4.99 Å². The molecule has 1 amide bonds. The van der Waals surface area contributed by atoms with Gasteiger partial charge in [0.1, 0.15) is 6.54 Å². The molecule has 9 heteroatoms. The predicted molar refractivity (Wildman–Crippen MR) is 144 cm³/mol. The zero-order valence-corrected chi connectivity index (χ0v) is 22.5. The van der Waals surface area contributed by atoms with Crippen LogP contribution in [0.1, 0.15) is 24.8 Å². The second kappa shape index (κ2) is 15.5. The summed E-state index contributed by atoms with van der Waals surface area (Å²) in [4.78, 5) is 23.1. The van der Waals surface area contributed by atoms with Crippen molar-refractivity contribution in [1.29, 1.82) is 0 Å². The van der Waals surface area contributed by atoms with Crippen molar-refractivity contribution in [1.82, 2.24) is 25.3 Å². The van der Waals surface area contributed by atoms with E-state index in [1.54, 1.807) is 19.0 Å². The summed E-state index contributed by atoms with van der Waals surface area (Å²) in [7, 11) is 3.53. The maximum Gasteiger partial charge on any atom is 0.243 e. The van der Waals surface area contributed by atoms with E-state index in [0.717, 1.165) is 84.2 Å². The molecular weight excluding hydrogens is 531 g/mol. The summed E-state index contributed by atoms with van der Waals surface area (Å²) < 4.78 is 5.42. The summed E-state index contributed by atoms with van der Waals surface area (Å²) in [5.74, 6) is 0.765. The second-order valence-electron chi connectivity index (χ2n) is 8.87. The molecule has 186 valence electrons. The molecule has 2 heterocycles. The van der Waals surface area contributed by atoms with Gasteiger partial charge in [0.2, 0.25) is 5.91 Å². The van der Waals surface area contributed by atoms with E-state index < -0.39 is 0 Å². The van der Waals surface area contributed by atoms with Crippen molar-refractivity contribution in [2.45, 2.75) is 31.8 Å². The highest BCUT2D eigenvalue weighted by Crippen LogP contribution is 2.13. The SMILES string of the molecule is CN(C)C(=O)CN=C(NCCCN1CCOCC1)NC1CCN(Cc2ccccc2)CC1.I. The molecule has 0 atom stereocenters. The maximum atomic E-state index is 12.0. The average molecular weight is 573 g/mol. The van der Waals surface area contributed by atoms with Crippen molar-refractivity contribution in [3.8, 4) is 0 Å². The number of nitrogens with zero attached hydrogens (tertiary/aromatic N) is 4. The highest BCUT2D eigenvalue weighted by atomic mass is 127. The Labute approximate surface area is 216 Å². The Morgan fingerprint density at radius 2 is 1.79 bits per heavy atom. The van der Waals surface area contributed by atoms with E-state index in [4.69, 9.17) is 4.74 Å². The molecule has 2 N–H and O–H groups in total. The van der Waals surface area contributed by atoms with E-state index in [9.17, 15) is 4.79 Å². The van der Waals surface area contributed by atoms with Crippen LogP contribution in [0.4, 0.5) is 0 Å². The number of piperidine rings is 1. The average Bonchev–Trinajstić information content (AvgIpc) is 2.82. The van der Waals surface area contributed by atoms with E-state index in [0.29, 0.717) is 6.04 Å². The molecule has 0 bridgehead atoms. The number of hydrogen-bond donors (Lipinski definition) is 2. The minimum atomic E-state index is 0. The van der Waals surface area contributed by atoms with Gasteiger partial charge in [-0.1, -0.05) is 30.3 Å². The Bertz CT molecular complexity index is 704. The molecule has 3 rings (SSSR count). The molecule has 2 saturated heterocycles. The van der Waals surface area contributed by atoms with Gasteiger partial charge in [0.25, 0.3) is 0 Å². The summed E-state index contributed by atoms with van der Waals surface area (Å²) in [6.07, 6.45) is 3.18. The van der Waals surface area contributed by atoms with Gasteiger partial charge in [-0.05, 0) is 31.4 Å². The molecule has 0 spiro atoms. The number of likely N-dealkylation sites (N-methyl/N-ethyl adjacent to an activating group) is 1. The molecule has 0 unspecified atom stereocenters. The summed E-state index contributed by atoms with van der Waals surface area (Å²) in [6, 6.07) is 11.0. The number of morpholine rings is 1. The zero-order chi connectivity index (χ0) is 22.6. The van der Waals surface area contributed by atoms with Gasteiger partial charge in [-0.3, -0.25) is 14.6 Å². The van der Waals surface area contributed by atoms with Gasteiger partial charge in [0.15, 0.2) is 5.96 Å². The van der Waals surface area contributed by atoms with Crippen LogP contribution in [0.5, 0.6) is 0 Å². The molecule has 0 aromatic heterocycles. The molecule has 8 nitrogen and oxygen atoms in total. The van der Waals surface area contributed by atoms with Gasteiger partial charge in [0, 0.05) is 59.4 Å². The Kier molecular flexibility index (Phi) is 13.0. The van der Waals surface area contributed by atoms with Crippen LogP contribution in [0.2, 0.25) is 0 Å². The Morgan fingerprint density at radius 3 is 2.45 bits per heavy atom. The lowest BCUT2D eigenvalue weighted by atomic mass is 10.0. The smallest absolute Gasteiger partial charge is 0.243 e. The third kappa shape index (κ3) is 10.6. The molecule has 0 saturated carbocycles. The zero-order valence-electron chi connectivity index (χ0n) is 20.2. The number of carbonyl (C=O) groups excluding carboxylic acids is 1. The van der Waals surface area contributed by atoms with Gasteiger partial charge in [-0.2, -0.15) is 0 Å². The van der Waals surface area contributed by atoms with Gasteiger partial charge >= 0.3 is 0 Å². The molecule has 0 aliphatic carbocycles. The fourth-order valence-electron chi connectivity index (χ4n) is 4.05. The number of ether oxygens (including phenoxy) is 1. The molecule has 2 aliphatic rings. The van der Waals surface area contributed by atoms with Crippen molar-refractivity contribution in [2.75, 3.05) is 73.1 Å². The van der Waals surface area contributed by atoms with Crippen molar-refractivity contribution in [2.24, 2.45) is 4.99 Å². The molecular formula is C24H41IN6O2. The van der Waals surface area contributed by atoms with Crippen molar-refractivity contribution >= 4 is 35.8 Å². The Hall–Kier alpha value is -1.43. The summed E-state index contributed by atoms with van der Waals surface area (Å²) in [5, 5.41) is 7.03. The lowest BCUT2D eigenvalue weighted by molar-refractivity contribution is -0.127. The molecule has 33 heavy (non-hydrogen) atoms. The highest BCUT2D eigenvalue weighted by molar-refractivity contribution is 14.0. The van der Waals surface area contributed by atoms with Crippen molar-refractivity contribution < 1.29 is 9.53 Å². The van der Waals surface area contributed by atoms with Crippen LogP contribution in [0, 0.1) is 0 Å². The minimum absolute atomic E-state index is 0. The van der Waals surface area contributed by atoms with E-state index in [2.05, 4.69) is 55.8 Å². The number of hydrogen-bond acceptors (Lipinski definition) is 5. The fraction of sp³-hybridized carbons (Fsp3) is 0.667. The molecule has 1 aromatic rings. The number of halogens is 1. The number of amides is 1. The van der Waals surface area contributed by atoms with Crippen LogP contribution >= 0.6 is 24.0 Å². The van der Waals surface area contributed by atoms with E-state index in [-0.39, 0.29) is 36.4 Å². The quantitative estimate of drug-likeness (QED) is 0.203. The number of likely N-dealkylation sites (tertiary alicyclic amines) is 1. The van der Waals surface area contributed by atoms with E-state index in [1.807, 2.05) is 0 Å². The third-order valence-electron chi connectivity index (χ3n) is 6.10. The number of rotatable bonds is 9. The molecule has 2 fully saturated rings. The molecule has 0 radical (unpaired) electrons. The van der Waals surface area contributed by atoms with Gasteiger partial charge in [-0.15, -0.1) is 24.0 Å². The minimum Gasteiger partial charge on any atom is -0.379 e. The first-order chi connectivity index (χ1) is 15.6. The Morgan fingerprint density at radius 1 is 1.09 bits per heavy atom. The van der Waals surface area contributed by atoms with Gasteiger partial charge < -0.3 is 20.3 Å². The van der Waals surface area contributed by atoms with E-state index >= 15 is 0 Å². The third-order valence-corrected chi connectivity index (χ3v) is 6.10. The predicted octanol–water partition coefficient (Wildman–Crippen LogP) is 1.61. The van der Waals surface area contributed by atoms with Crippen LogP contribution in [-0.2, 0) is 16.1 Å². The number of guanidine groups is 1. The number of carbonyl (C=O) groups is 1. The van der Waals surface area contributed by atoms with Gasteiger partial charge in [0.05, 0.1) is 13.2 Å². The first kappa shape index (κ1) is 27.8. The lowest BCUT2D eigenvalue weighted by Gasteiger charge is -2.33. The van der Waals surface area contributed by atoms with E-state index in [1.165, 1.54) is 5.56 Å². The lowest BCUT2D eigenvalue weighted by Crippen LogP contribution is -2.49. The number of benzene rings is 1. The normalized spacial score (nSPS) is 18.4. The van der Waals surface area contributed by atoms with Crippen LogP contribution in [0.15, 0.2) is 35.3 Å². The number of aliphatic imine (C=N–C) groups is 1. The van der Waals surface area contributed by atoms with Crippen LogP contribution in [0.3, 0.4) is 0 Å². The second-order valence-corrected chi connectivity index (χ2v) is 8.87. The highest BCUT2D eigenvalue weighted by Gasteiger charge is 2.20. The standard InChI is InChI=1S/C24H40N6O2.HI/c1-28(2)23(31)19-26-24(25-11-6-12-29-15-17-32-18-16-29)27-22-9-13-30(14-10-22)20-21-7-4-3-5-8-21;/h3-5,7-8,22H,6,9-20H2,1-2H3,(H2,25,26,27);1H. The summed E-state index contributed by atoms with van der Waals surface area (Å²) >= 11 is 0. The first-order valence-electron chi connectivity index (χ1n) is 11.9. The summed E-state index contributed by atoms with van der Waals surface area (Å²) in [6.45, 7) is 8.88. The topological polar surface area (TPSA) is 72.4 Å². The largest absolute Gasteiger partial charge is 0.379 e. The van der Waals surface area contributed by atoms with Crippen LogP contribution < -0.4 is 10.6 Å². The fourth-order valence-corrected chi connectivity index (χ4v) is 4.05. The first-order valence-corrected chi connectivity index (χ1v) is 11.9. The molecule has 2 aliphatic heterocycles. The Balaban J connectivity index is 0.00000385. The number of nitrogens with one attached hydrogen (secondary N) is 2. The van der Waals surface area contributed by atoms with Crippen LogP contribution in [-0.4, -0.2) is 106 Å². The monoisotopic (exact) mass is 572 g/mol. The summed E-state index contributed by atoms with van der Waals surface area (Å²) in [5.41, 5.74) is 1.37. The van der Waals surface area contributed by atoms with Crippen molar-refractivity contribution in [3.63, 3.8) is 0 Å². The maximum absolute atomic E-state index is 12.0. The molecule has 1 aromatic carbocycles. The van der Waals surface area contributed by atoms with Crippen molar-refractivity contribution in [3.05, 3.63) is 35.9 Å². The van der Waals surface area contributed by atoms with Crippen LogP contribution in [0.25, 0.3) is 0 Å².